The molecule has 3 unspecified atom stereocenters. The minimum Gasteiger partial charge on any atom is -0.378 e. The Labute approximate surface area is 92.8 Å². The third-order valence-corrected chi connectivity index (χ3v) is 3.44. The lowest BCUT2D eigenvalue weighted by atomic mass is 9.64. The molecule has 3 nitrogen and oxygen atoms in total. The number of nitrogens with one attached hydrogen (secondary N) is 1. The first-order chi connectivity index (χ1) is 7.02. The fraction of sp³-hybridized carbons (Fsp3) is 0.917. The van der Waals surface area contributed by atoms with Crippen LogP contribution in [-0.4, -0.2) is 25.3 Å². The molecule has 1 fully saturated rings. The molecular weight excluding hydrogens is 188 g/mol. The van der Waals surface area contributed by atoms with E-state index in [0.717, 1.165) is 19.6 Å². The van der Waals surface area contributed by atoms with Gasteiger partial charge in [-0.3, -0.25) is 0 Å². The van der Waals surface area contributed by atoms with Gasteiger partial charge < -0.3 is 10.1 Å². The molecule has 1 N–H and O–H groups in total. The maximum absolute atomic E-state index is 8.69. The summed E-state index contributed by atoms with van der Waals surface area (Å²) in [6.45, 7) is 10.0. The second-order valence-corrected chi connectivity index (χ2v) is 4.99. The molecule has 1 aliphatic carbocycles. The van der Waals surface area contributed by atoms with E-state index < -0.39 is 0 Å². The van der Waals surface area contributed by atoms with Crippen molar-refractivity contribution in [3.63, 3.8) is 0 Å². The van der Waals surface area contributed by atoms with Crippen LogP contribution >= 0.6 is 0 Å². The lowest BCUT2D eigenvalue weighted by molar-refractivity contribution is -0.114. The number of rotatable bonds is 5. The summed E-state index contributed by atoms with van der Waals surface area (Å²) in [5.74, 6) is 0.0898. The molecule has 0 bridgehead atoms. The zero-order chi connectivity index (χ0) is 11.5. The molecule has 0 aromatic carbocycles. The Morgan fingerprint density at radius 2 is 2.27 bits per heavy atom. The predicted molar refractivity (Wildman–Crippen MR) is 60.4 cm³/mol. The maximum Gasteiger partial charge on any atom is 0.0666 e. The monoisotopic (exact) mass is 210 g/mol. The van der Waals surface area contributed by atoms with E-state index in [1.807, 2.05) is 13.8 Å². The van der Waals surface area contributed by atoms with Gasteiger partial charge in [-0.25, -0.2) is 0 Å². The van der Waals surface area contributed by atoms with Crippen LogP contribution in [0.5, 0.6) is 0 Å². The smallest absolute Gasteiger partial charge is 0.0666 e. The van der Waals surface area contributed by atoms with E-state index in [2.05, 4.69) is 25.2 Å². The fourth-order valence-electron chi connectivity index (χ4n) is 2.08. The molecule has 0 spiro atoms. The number of nitrogens with zero attached hydrogens (tertiary/aromatic N) is 1. The van der Waals surface area contributed by atoms with Crippen LogP contribution in [0.4, 0.5) is 0 Å². The van der Waals surface area contributed by atoms with Gasteiger partial charge in [-0.15, -0.1) is 0 Å². The Bertz CT molecular complexity index is 244. The summed E-state index contributed by atoms with van der Waals surface area (Å²) in [4.78, 5) is 0. The second kappa shape index (κ2) is 4.96. The third-order valence-electron chi connectivity index (χ3n) is 3.44. The van der Waals surface area contributed by atoms with Gasteiger partial charge in [0.25, 0.3) is 0 Å². The number of nitriles is 1. The van der Waals surface area contributed by atoms with Crippen molar-refractivity contribution in [3.05, 3.63) is 0 Å². The summed E-state index contributed by atoms with van der Waals surface area (Å²) < 4.78 is 5.65. The van der Waals surface area contributed by atoms with E-state index in [1.54, 1.807) is 0 Å². The van der Waals surface area contributed by atoms with Crippen LogP contribution in [0.15, 0.2) is 0 Å². The summed E-state index contributed by atoms with van der Waals surface area (Å²) in [5, 5.41) is 12.1. The van der Waals surface area contributed by atoms with Gasteiger partial charge in [0.05, 0.1) is 18.1 Å². The average molecular weight is 210 g/mol. The Hall–Kier alpha value is -0.590. The van der Waals surface area contributed by atoms with Crippen LogP contribution in [0.1, 0.15) is 34.1 Å². The summed E-state index contributed by atoms with van der Waals surface area (Å²) in [5.41, 5.74) is 0.200. The van der Waals surface area contributed by atoms with Gasteiger partial charge in [-0.05, 0) is 20.3 Å². The Kier molecular flexibility index (Phi) is 4.12. The van der Waals surface area contributed by atoms with E-state index in [0.29, 0.717) is 12.1 Å². The summed E-state index contributed by atoms with van der Waals surface area (Å²) in [7, 11) is 0. The highest BCUT2D eigenvalue weighted by molar-refractivity contribution is 5.03. The zero-order valence-electron chi connectivity index (χ0n) is 10.2. The van der Waals surface area contributed by atoms with Crippen LogP contribution < -0.4 is 5.32 Å². The average Bonchev–Trinajstić information content (AvgIpc) is 2.21. The molecule has 0 aromatic heterocycles. The molecular formula is C12H22N2O. The maximum atomic E-state index is 8.69. The molecule has 86 valence electrons. The number of ether oxygens (including phenoxy) is 1. The SMILES string of the molecule is CCOC1CC(NCC(C)C#N)C1(C)C. The largest absolute Gasteiger partial charge is 0.378 e. The summed E-state index contributed by atoms with van der Waals surface area (Å²) in [6.07, 6.45) is 1.44. The van der Waals surface area contributed by atoms with Crippen molar-refractivity contribution in [1.29, 1.82) is 5.26 Å². The van der Waals surface area contributed by atoms with Crippen LogP contribution in [0.2, 0.25) is 0 Å². The fourth-order valence-corrected chi connectivity index (χ4v) is 2.08. The zero-order valence-corrected chi connectivity index (χ0v) is 10.2. The van der Waals surface area contributed by atoms with Crippen molar-refractivity contribution in [2.75, 3.05) is 13.2 Å². The minimum absolute atomic E-state index is 0.0898. The topological polar surface area (TPSA) is 45.0 Å². The minimum atomic E-state index is 0.0898. The Morgan fingerprint density at radius 1 is 1.60 bits per heavy atom. The van der Waals surface area contributed by atoms with Crippen molar-refractivity contribution in [3.8, 4) is 6.07 Å². The van der Waals surface area contributed by atoms with Gasteiger partial charge in [-0.1, -0.05) is 13.8 Å². The molecule has 0 saturated heterocycles. The Morgan fingerprint density at radius 3 is 2.73 bits per heavy atom. The molecule has 1 rings (SSSR count). The lowest BCUT2D eigenvalue weighted by Crippen LogP contribution is -2.61. The van der Waals surface area contributed by atoms with E-state index in [-0.39, 0.29) is 11.3 Å². The van der Waals surface area contributed by atoms with Gasteiger partial charge in [0.2, 0.25) is 0 Å². The molecule has 3 heteroatoms. The highest BCUT2D eigenvalue weighted by Gasteiger charge is 2.48. The van der Waals surface area contributed by atoms with E-state index in [1.165, 1.54) is 0 Å². The first-order valence-corrected chi connectivity index (χ1v) is 5.77. The van der Waals surface area contributed by atoms with Crippen molar-refractivity contribution >= 4 is 0 Å². The number of hydrogen-bond acceptors (Lipinski definition) is 3. The molecule has 0 heterocycles. The van der Waals surface area contributed by atoms with Gasteiger partial charge in [0, 0.05) is 24.6 Å². The van der Waals surface area contributed by atoms with E-state index >= 15 is 0 Å². The number of hydrogen-bond donors (Lipinski definition) is 1. The van der Waals surface area contributed by atoms with Crippen LogP contribution in [0.25, 0.3) is 0 Å². The molecule has 0 aliphatic heterocycles. The molecule has 0 aromatic rings. The van der Waals surface area contributed by atoms with Crippen LogP contribution in [0, 0.1) is 22.7 Å². The van der Waals surface area contributed by atoms with Crippen LogP contribution in [-0.2, 0) is 4.74 Å². The second-order valence-electron chi connectivity index (χ2n) is 4.99. The highest BCUT2D eigenvalue weighted by atomic mass is 16.5. The van der Waals surface area contributed by atoms with Gasteiger partial charge in [0.1, 0.15) is 0 Å². The van der Waals surface area contributed by atoms with Crippen molar-refractivity contribution in [1.82, 2.24) is 5.32 Å². The van der Waals surface area contributed by atoms with Gasteiger partial charge in [0.15, 0.2) is 0 Å². The van der Waals surface area contributed by atoms with Crippen LogP contribution in [0.3, 0.4) is 0 Å². The Balaban J connectivity index is 2.32. The van der Waals surface area contributed by atoms with Crippen molar-refractivity contribution in [2.24, 2.45) is 11.3 Å². The van der Waals surface area contributed by atoms with E-state index in [4.69, 9.17) is 10.00 Å². The molecule has 3 atom stereocenters. The third kappa shape index (κ3) is 2.70. The standard InChI is InChI=1S/C12H22N2O/c1-5-15-11-6-10(12(11,3)4)14-8-9(2)7-13/h9-11,14H,5-6,8H2,1-4H3. The lowest BCUT2D eigenvalue weighted by Gasteiger charge is -2.52. The molecule has 15 heavy (non-hydrogen) atoms. The summed E-state index contributed by atoms with van der Waals surface area (Å²) >= 11 is 0. The van der Waals surface area contributed by atoms with Crippen molar-refractivity contribution in [2.45, 2.75) is 46.3 Å². The van der Waals surface area contributed by atoms with Gasteiger partial charge >= 0.3 is 0 Å². The normalized spacial score (nSPS) is 30.3. The predicted octanol–water partition coefficient (Wildman–Crippen LogP) is 1.94. The first-order valence-electron chi connectivity index (χ1n) is 5.77. The molecule has 1 saturated carbocycles. The first kappa shape index (κ1) is 12.5. The van der Waals surface area contributed by atoms with E-state index in [9.17, 15) is 0 Å². The molecule has 1 aliphatic rings. The van der Waals surface area contributed by atoms with Gasteiger partial charge in [-0.2, -0.15) is 5.26 Å². The highest BCUT2D eigenvalue weighted by Crippen LogP contribution is 2.42. The van der Waals surface area contributed by atoms with Crippen molar-refractivity contribution < 1.29 is 4.74 Å². The quantitative estimate of drug-likeness (QED) is 0.754. The summed E-state index contributed by atoms with van der Waals surface area (Å²) in [6, 6.07) is 2.73. The molecule has 0 amide bonds. The molecule has 0 radical (unpaired) electrons.